The number of carbonyl (C=O) groups is 1. The molecule has 144 valence electrons. The normalized spacial score (nSPS) is 10.7. The number of aryl methyl sites for hydroxylation is 2. The van der Waals surface area contributed by atoms with E-state index in [1.807, 2.05) is 25.1 Å². The highest BCUT2D eigenvalue weighted by molar-refractivity contribution is 7.99. The Labute approximate surface area is 164 Å². The molecule has 0 aliphatic heterocycles. The second-order valence-corrected chi connectivity index (χ2v) is 6.96. The van der Waals surface area contributed by atoms with Gasteiger partial charge < -0.3 is 4.74 Å². The maximum atomic E-state index is 12.5. The summed E-state index contributed by atoms with van der Waals surface area (Å²) in [5.41, 5.74) is 2.37. The van der Waals surface area contributed by atoms with Crippen LogP contribution in [0.25, 0.3) is 5.69 Å². The molecule has 3 rings (SSSR count). The standard InChI is InChI=1S/C18H17N5O4S/c1-11-4-7-17(27-3)15(8-11)22-18(19-20-21-22)28-10-16(24)13-6-5-12(2)14(9-13)23(25)26/h4-9H,10H2,1-3H3. The van der Waals surface area contributed by atoms with Crippen LogP contribution in [0.1, 0.15) is 21.5 Å². The molecule has 3 aromatic rings. The molecule has 0 aliphatic carbocycles. The number of nitrogens with zero attached hydrogens (tertiary/aromatic N) is 5. The Balaban J connectivity index is 1.81. The number of ether oxygens (including phenoxy) is 1. The van der Waals surface area contributed by atoms with E-state index in [9.17, 15) is 14.9 Å². The maximum absolute atomic E-state index is 12.5. The van der Waals surface area contributed by atoms with Gasteiger partial charge in [-0.3, -0.25) is 14.9 Å². The molecular weight excluding hydrogens is 382 g/mol. The maximum Gasteiger partial charge on any atom is 0.273 e. The average Bonchev–Trinajstić information content (AvgIpc) is 3.14. The highest BCUT2D eigenvalue weighted by atomic mass is 32.2. The number of Topliss-reactive ketones (excluding diaryl/α,β-unsaturated/α-hetero) is 1. The van der Waals surface area contributed by atoms with E-state index >= 15 is 0 Å². The summed E-state index contributed by atoms with van der Waals surface area (Å²) in [4.78, 5) is 23.1. The summed E-state index contributed by atoms with van der Waals surface area (Å²) in [6, 6.07) is 10.1. The van der Waals surface area contributed by atoms with Gasteiger partial charge in [-0.2, -0.15) is 4.68 Å². The summed E-state index contributed by atoms with van der Waals surface area (Å²) in [7, 11) is 1.55. The number of nitro benzene ring substituents is 1. The average molecular weight is 399 g/mol. The second-order valence-electron chi connectivity index (χ2n) is 6.02. The number of carbonyl (C=O) groups excluding carboxylic acids is 1. The van der Waals surface area contributed by atoms with E-state index in [-0.39, 0.29) is 22.8 Å². The topological polar surface area (TPSA) is 113 Å². The molecule has 0 N–H and O–H groups in total. The summed E-state index contributed by atoms with van der Waals surface area (Å²) in [5.74, 6) is 0.383. The molecule has 9 nitrogen and oxygen atoms in total. The summed E-state index contributed by atoms with van der Waals surface area (Å²) in [6.07, 6.45) is 0. The molecule has 0 unspecified atom stereocenters. The van der Waals surface area contributed by atoms with E-state index in [2.05, 4.69) is 15.5 Å². The van der Waals surface area contributed by atoms with E-state index in [0.29, 0.717) is 22.2 Å². The van der Waals surface area contributed by atoms with Crippen LogP contribution in [0.2, 0.25) is 0 Å². The fraction of sp³-hybridized carbons (Fsp3) is 0.222. The van der Waals surface area contributed by atoms with Gasteiger partial charge in [0, 0.05) is 17.2 Å². The molecule has 0 spiro atoms. The van der Waals surface area contributed by atoms with Crippen LogP contribution < -0.4 is 4.74 Å². The molecule has 0 radical (unpaired) electrons. The SMILES string of the molecule is COc1ccc(C)cc1-n1nnnc1SCC(=O)c1ccc(C)c([N+](=O)[O-])c1. The predicted octanol–water partition coefficient (Wildman–Crippen LogP) is 3.17. The quantitative estimate of drug-likeness (QED) is 0.258. The molecule has 28 heavy (non-hydrogen) atoms. The van der Waals surface area contributed by atoms with E-state index < -0.39 is 4.92 Å². The number of nitro groups is 1. The molecule has 0 bridgehead atoms. The third-order valence-corrected chi connectivity index (χ3v) is 4.98. The molecule has 2 aromatic carbocycles. The van der Waals surface area contributed by atoms with Crippen molar-refractivity contribution in [3.63, 3.8) is 0 Å². The van der Waals surface area contributed by atoms with Gasteiger partial charge in [0.1, 0.15) is 11.4 Å². The number of hydrogen-bond acceptors (Lipinski definition) is 8. The van der Waals surface area contributed by atoms with Crippen molar-refractivity contribution in [2.75, 3.05) is 12.9 Å². The van der Waals surface area contributed by atoms with Gasteiger partial charge in [-0.1, -0.05) is 30.0 Å². The highest BCUT2D eigenvalue weighted by Crippen LogP contribution is 2.27. The fourth-order valence-electron chi connectivity index (χ4n) is 2.58. The van der Waals surface area contributed by atoms with E-state index in [0.717, 1.165) is 17.3 Å². The number of ketones is 1. The number of thioether (sulfide) groups is 1. The van der Waals surface area contributed by atoms with Gasteiger partial charge in [0.15, 0.2) is 5.78 Å². The number of tetrazole rings is 1. The Morgan fingerprint density at radius 3 is 2.75 bits per heavy atom. The van der Waals surface area contributed by atoms with Gasteiger partial charge in [0.25, 0.3) is 5.69 Å². The van der Waals surface area contributed by atoms with E-state index in [1.165, 1.54) is 10.7 Å². The van der Waals surface area contributed by atoms with Crippen molar-refractivity contribution >= 4 is 23.2 Å². The minimum atomic E-state index is -0.496. The van der Waals surface area contributed by atoms with Gasteiger partial charge in [0.2, 0.25) is 5.16 Å². The first-order valence-corrected chi connectivity index (χ1v) is 9.23. The zero-order valence-electron chi connectivity index (χ0n) is 15.4. The van der Waals surface area contributed by atoms with Crippen molar-refractivity contribution in [3.8, 4) is 11.4 Å². The third kappa shape index (κ3) is 4.01. The predicted molar refractivity (Wildman–Crippen MR) is 103 cm³/mol. The van der Waals surface area contributed by atoms with Gasteiger partial charge in [-0.25, -0.2) is 0 Å². The largest absolute Gasteiger partial charge is 0.494 e. The lowest BCUT2D eigenvalue weighted by molar-refractivity contribution is -0.385. The molecule has 0 saturated heterocycles. The summed E-state index contributed by atoms with van der Waals surface area (Å²) in [6.45, 7) is 3.57. The number of aromatic nitrogens is 4. The number of rotatable bonds is 7. The number of benzene rings is 2. The number of hydrogen-bond donors (Lipinski definition) is 0. The van der Waals surface area contributed by atoms with E-state index in [1.54, 1.807) is 26.2 Å². The molecule has 1 aromatic heterocycles. The Kier molecular flexibility index (Phi) is 5.69. The van der Waals surface area contributed by atoms with Crippen molar-refractivity contribution in [1.29, 1.82) is 0 Å². The molecule has 0 amide bonds. The van der Waals surface area contributed by atoms with Crippen molar-refractivity contribution < 1.29 is 14.5 Å². The molecular formula is C18H17N5O4S. The molecule has 1 heterocycles. The zero-order valence-corrected chi connectivity index (χ0v) is 16.3. The Morgan fingerprint density at radius 2 is 2.04 bits per heavy atom. The summed E-state index contributed by atoms with van der Waals surface area (Å²) in [5, 5.41) is 23.1. The van der Waals surface area contributed by atoms with Crippen molar-refractivity contribution in [2.24, 2.45) is 0 Å². The van der Waals surface area contributed by atoms with Gasteiger partial charge in [-0.15, -0.1) is 5.10 Å². The first-order valence-electron chi connectivity index (χ1n) is 8.25. The second kappa shape index (κ2) is 8.17. The Morgan fingerprint density at radius 1 is 1.25 bits per heavy atom. The Hall–Kier alpha value is -3.27. The first kappa shape index (κ1) is 19.5. The molecule has 0 fully saturated rings. The van der Waals surface area contributed by atoms with Crippen molar-refractivity contribution in [2.45, 2.75) is 19.0 Å². The van der Waals surface area contributed by atoms with Crippen LogP contribution in [0.15, 0.2) is 41.6 Å². The van der Waals surface area contributed by atoms with Crippen LogP contribution in [-0.4, -0.2) is 43.8 Å². The molecule has 0 saturated carbocycles. The van der Waals surface area contributed by atoms with Gasteiger partial charge >= 0.3 is 0 Å². The van der Waals surface area contributed by atoms with E-state index in [4.69, 9.17) is 4.74 Å². The van der Waals surface area contributed by atoms with Gasteiger partial charge in [-0.05, 0) is 42.0 Å². The Bertz CT molecular complexity index is 1050. The van der Waals surface area contributed by atoms with Crippen LogP contribution >= 0.6 is 11.8 Å². The van der Waals surface area contributed by atoms with Crippen molar-refractivity contribution in [1.82, 2.24) is 20.2 Å². The summed E-state index contributed by atoms with van der Waals surface area (Å²) < 4.78 is 6.87. The monoisotopic (exact) mass is 399 g/mol. The lowest BCUT2D eigenvalue weighted by Gasteiger charge is -2.10. The van der Waals surface area contributed by atoms with Crippen LogP contribution in [-0.2, 0) is 0 Å². The van der Waals surface area contributed by atoms with Crippen molar-refractivity contribution in [3.05, 3.63) is 63.2 Å². The third-order valence-electron chi connectivity index (χ3n) is 4.06. The first-order chi connectivity index (χ1) is 13.4. The lowest BCUT2D eigenvalue weighted by atomic mass is 10.1. The number of methoxy groups -OCH3 is 1. The zero-order chi connectivity index (χ0) is 20.3. The van der Waals surface area contributed by atoms with Crippen LogP contribution in [0, 0.1) is 24.0 Å². The van der Waals surface area contributed by atoms with Crippen LogP contribution in [0.3, 0.4) is 0 Å². The minimum absolute atomic E-state index is 0.0364. The van der Waals surface area contributed by atoms with Crippen LogP contribution in [0.4, 0.5) is 5.69 Å². The fourth-order valence-corrected chi connectivity index (χ4v) is 3.36. The lowest BCUT2D eigenvalue weighted by Crippen LogP contribution is -2.07. The molecule has 0 atom stereocenters. The molecule has 10 heteroatoms. The summed E-state index contributed by atoms with van der Waals surface area (Å²) >= 11 is 1.15. The highest BCUT2D eigenvalue weighted by Gasteiger charge is 2.18. The van der Waals surface area contributed by atoms with Crippen LogP contribution in [0.5, 0.6) is 5.75 Å². The molecule has 0 aliphatic rings. The minimum Gasteiger partial charge on any atom is -0.494 e. The smallest absolute Gasteiger partial charge is 0.273 e. The van der Waals surface area contributed by atoms with Gasteiger partial charge in [0.05, 0.1) is 17.8 Å².